The summed E-state index contributed by atoms with van der Waals surface area (Å²) in [5.41, 5.74) is 0. The van der Waals surface area contributed by atoms with Crippen molar-refractivity contribution < 1.29 is 14.3 Å². The minimum Gasteiger partial charge on any atom is -0.481 e. The van der Waals surface area contributed by atoms with Crippen LogP contribution >= 0.6 is 0 Å². The molecule has 0 fully saturated rings. The largest absolute Gasteiger partial charge is 0.481 e. The number of carbonyl (C=O) groups is 1. The molecule has 0 saturated heterocycles. The first-order valence-corrected chi connectivity index (χ1v) is 9.02. The fourth-order valence-corrected chi connectivity index (χ4v) is 2.64. The molecule has 0 spiro atoms. The van der Waals surface area contributed by atoms with E-state index < -0.39 is 12.1 Å². The third-order valence-electron chi connectivity index (χ3n) is 4.03. The van der Waals surface area contributed by atoms with E-state index in [1.165, 1.54) is 38.5 Å². The molecule has 0 amide bonds. The summed E-state index contributed by atoms with van der Waals surface area (Å²) in [5, 5.41) is 8.50. The van der Waals surface area contributed by atoms with E-state index in [0.29, 0.717) is 6.42 Å². The van der Waals surface area contributed by atoms with Crippen molar-refractivity contribution in [3.8, 4) is 0 Å². The molecule has 0 aliphatic carbocycles. The second kappa shape index (κ2) is 15.8. The minimum atomic E-state index is -0.714. The van der Waals surface area contributed by atoms with Crippen molar-refractivity contribution in [2.24, 2.45) is 0 Å². The monoisotopic (exact) mass is 302 g/mol. The maximum absolute atomic E-state index is 13.6. The molecule has 0 aromatic heterocycles. The van der Waals surface area contributed by atoms with Crippen LogP contribution in [0.5, 0.6) is 0 Å². The van der Waals surface area contributed by atoms with E-state index in [2.05, 4.69) is 6.92 Å². The predicted octanol–water partition coefficient (Wildman–Crippen LogP) is 6.28. The Morgan fingerprint density at radius 3 is 1.71 bits per heavy atom. The molecule has 0 heterocycles. The molecule has 0 aliphatic heterocycles. The number of carboxylic acids is 1. The van der Waals surface area contributed by atoms with Gasteiger partial charge in [0, 0.05) is 6.42 Å². The zero-order valence-electron chi connectivity index (χ0n) is 13.9. The second-order valence-electron chi connectivity index (χ2n) is 6.21. The number of unbranched alkanes of at least 4 members (excludes halogenated alkanes) is 10. The van der Waals surface area contributed by atoms with Crippen molar-refractivity contribution in [1.82, 2.24) is 0 Å². The molecule has 0 saturated carbocycles. The van der Waals surface area contributed by atoms with Crippen LogP contribution in [0, 0.1) is 0 Å². The smallest absolute Gasteiger partial charge is 0.303 e. The first-order chi connectivity index (χ1) is 10.2. The van der Waals surface area contributed by atoms with Crippen LogP contribution in [0.2, 0.25) is 0 Å². The summed E-state index contributed by atoms with van der Waals surface area (Å²) in [4.78, 5) is 10.3. The Morgan fingerprint density at radius 2 is 1.24 bits per heavy atom. The summed E-state index contributed by atoms with van der Waals surface area (Å²) in [6.07, 6.45) is 14.5. The van der Waals surface area contributed by atoms with E-state index in [1.54, 1.807) is 0 Å². The van der Waals surface area contributed by atoms with Gasteiger partial charge >= 0.3 is 5.97 Å². The van der Waals surface area contributed by atoms with Gasteiger partial charge in [0.25, 0.3) is 0 Å². The van der Waals surface area contributed by atoms with E-state index in [4.69, 9.17) is 5.11 Å². The number of halogens is 1. The highest BCUT2D eigenvalue weighted by Crippen LogP contribution is 2.16. The molecule has 2 nitrogen and oxygen atoms in total. The summed E-state index contributed by atoms with van der Waals surface area (Å²) in [7, 11) is 0. The van der Waals surface area contributed by atoms with Crippen molar-refractivity contribution in [2.75, 3.05) is 0 Å². The number of carboxylic acid groups (broad SMARTS) is 1. The van der Waals surface area contributed by atoms with E-state index in [0.717, 1.165) is 44.9 Å². The molecular formula is C18H35FO2. The third kappa shape index (κ3) is 17.3. The summed E-state index contributed by atoms with van der Waals surface area (Å²) in [6, 6.07) is 0. The fraction of sp³-hybridized carbons (Fsp3) is 0.944. The van der Waals surface area contributed by atoms with Crippen molar-refractivity contribution in [1.29, 1.82) is 0 Å². The Balaban J connectivity index is 3.16. The van der Waals surface area contributed by atoms with Gasteiger partial charge in [-0.2, -0.15) is 0 Å². The van der Waals surface area contributed by atoms with E-state index in [1.807, 2.05) is 0 Å². The highest BCUT2D eigenvalue weighted by atomic mass is 19.1. The molecule has 21 heavy (non-hydrogen) atoms. The van der Waals surface area contributed by atoms with Crippen LogP contribution in [0.25, 0.3) is 0 Å². The predicted molar refractivity (Wildman–Crippen MR) is 87.5 cm³/mol. The van der Waals surface area contributed by atoms with E-state index in [9.17, 15) is 9.18 Å². The molecule has 0 aromatic rings. The molecule has 0 aliphatic rings. The van der Waals surface area contributed by atoms with Gasteiger partial charge in [0.1, 0.15) is 6.17 Å². The number of alkyl halides is 1. The van der Waals surface area contributed by atoms with Gasteiger partial charge in [-0.1, -0.05) is 77.6 Å². The SMILES string of the molecule is CCCCCCCCC[C@@H](F)CCCCCCCC(=O)O. The van der Waals surface area contributed by atoms with Gasteiger partial charge in [-0.15, -0.1) is 0 Å². The van der Waals surface area contributed by atoms with Crippen molar-refractivity contribution in [2.45, 2.75) is 109 Å². The summed E-state index contributed by atoms with van der Waals surface area (Å²) in [6.45, 7) is 2.22. The quantitative estimate of drug-likeness (QED) is 0.341. The van der Waals surface area contributed by atoms with Crippen molar-refractivity contribution >= 4 is 5.97 Å². The molecule has 126 valence electrons. The number of hydrogen-bond donors (Lipinski definition) is 1. The third-order valence-corrected chi connectivity index (χ3v) is 4.03. The van der Waals surface area contributed by atoms with E-state index >= 15 is 0 Å². The molecule has 0 aromatic carbocycles. The van der Waals surface area contributed by atoms with Crippen molar-refractivity contribution in [3.63, 3.8) is 0 Å². The van der Waals surface area contributed by atoms with Gasteiger partial charge in [-0.05, 0) is 19.3 Å². The molecule has 3 heteroatoms. The lowest BCUT2D eigenvalue weighted by molar-refractivity contribution is -0.137. The Hall–Kier alpha value is -0.600. The maximum atomic E-state index is 13.6. The van der Waals surface area contributed by atoms with E-state index in [-0.39, 0.29) is 6.42 Å². The second-order valence-corrected chi connectivity index (χ2v) is 6.21. The van der Waals surface area contributed by atoms with Crippen LogP contribution in [0.15, 0.2) is 0 Å². The minimum absolute atomic E-state index is 0.268. The normalized spacial score (nSPS) is 12.5. The highest BCUT2D eigenvalue weighted by molar-refractivity contribution is 5.66. The van der Waals surface area contributed by atoms with Crippen LogP contribution in [-0.4, -0.2) is 17.2 Å². The number of aliphatic carboxylic acids is 1. The number of rotatable bonds is 16. The molecule has 0 bridgehead atoms. The average molecular weight is 302 g/mol. The molecule has 0 rings (SSSR count). The lowest BCUT2D eigenvalue weighted by Crippen LogP contribution is -2.00. The van der Waals surface area contributed by atoms with Crippen LogP contribution in [0.1, 0.15) is 103 Å². The molecule has 1 N–H and O–H groups in total. The number of hydrogen-bond acceptors (Lipinski definition) is 1. The summed E-state index contributed by atoms with van der Waals surface area (Å²) < 4.78 is 13.6. The summed E-state index contributed by atoms with van der Waals surface area (Å²) >= 11 is 0. The van der Waals surface area contributed by atoms with Gasteiger partial charge in [-0.3, -0.25) is 4.79 Å². The van der Waals surface area contributed by atoms with Crippen molar-refractivity contribution in [3.05, 3.63) is 0 Å². The standard InChI is InChI=1S/C18H35FO2/c1-2-3-4-5-6-8-11-14-17(19)15-12-9-7-10-13-16-18(20)21/h17H,2-16H2,1H3,(H,20,21)/t17-/m1/s1. The lowest BCUT2D eigenvalue weighted by Gasteiger charge is -2.08. The van der Waals surface area contributed by atoms with Gasteiger partial charge in [0.05, 0.1) is 0 Å². The Labute approximate surface area is 130 Å². The van der Waals surface area contributed by atoms with Crippen LogP contribution in [0.3, 0.4) is 0 Å². The summed E-state index contributed by atoms with van der Waals surface area (Å²) in [5.74, 6) is -0.714. The van der Waals surface area contributed by atoms with Crippen LogP contribution in [0.4, 0.5) is 4.39 Å². The van der Waals surface area contributed by atoms with Gasteiger partial charge < -0.3 is 5.11 Å². The topological polar surface area (TPSA) is 37.3 Å². The molecular weight excluding hydrogens is 267 g/mol. The first kappa shape index (κ1) is 20.4. The fourth-order valence-electron chi connectivity index (χ4n) is 2.64. The Bertz CT molecular complexity index is 231. The lowest BCUT2D eigenvalue weighted by atomic mass is 10.0. The molecule has 0 unspecified atom stereocenters. The Kier molecular flexibility index (Phi) is 15.3. The van der Waals surface area contributed by atoms with Gasteiger partial charge in [0.2, 0.25) is 0 Å². The zero-order valence-corrected chi connectivity index (χ0v) is 13.9. The highest BCUT2D eigenvalue weighted by Gasteiger charge is 2.05. The molecule has 0 radical (unpaired) electrons. The molecule has 1 atom stereocenters. The zero-order chi connectivity index (χ0) is 15.8. The average Bonchev–Trinajstić information content (AvgIpc) is 2.45. The van der Waals surface area contributed by atoms with Crippen LogP contribution < -0.4 is 0 Å². The Morgan fingerprint density at radius 1 is 0.810 bits per heavy atom. The van der Waals surface area contributed by atoms with Crippen LogP contribution in [-0.2, 0) is 4.79 Å². The first-order valence-electron chi connectivity index (χ1n) is 9.02. The van der Waals surface area contributed by atoms with Gasteiger partial charge in [0.15, 0.2) is 0 Å². The maximum Gasteiger partial charge on any atom is 0.303 e. The van der Waals surface area contributed by atoms with Gasteiger partial charge in [-0.25, -0.2) is 4.39 Å².